The molecule has 1 rings (SSSR count). The molecule has 0 heterocycles. The summed E-state index contributed by atoms with van der Waals surface area (Å²) in [6, 6.07) is 8.60. The van der Waals surface area contributed by atoms with Gasteiger partial charge in [-0.05, 0) is 31.2 Å². The van der Waals surface area contributed by atoms with Crippen molar-refractivity contribution in [3.8, 4) is 0 Å². The van der Waals surface area contributed by atoms with Gasteiger partial charge in [0, 0.05) is 6.61 Å². The first kappa shape index (κ1) is 10.3. The second-order valence-electron chi connectivity index (χ2n) is 3.53. The largest absolute Gasteiger partial charge is 0.396 e. The van der Waals surface area contributed by atoms with Crippen molar-refractivity contribution < 1.29 is 5.11 Å². The summed E-state index contributed by atoms with van der Waals surface area (Å²) >= 11 is 0. The van der Waals surface area contributed by atoms with Crippen LogP contribution in [-0.2, 0) is 0 Å². The summed E-state index contributed by atoms with van der Waals surface area (Å²) in [5.74, 6) is 0.519. The minimum atomic E-state index is 0.284. The van der Waals surface area contributed by atoms with E-state index in [-0.39, 0.29) is 6.61 Å². The molecular formula is C12H18O. The molecule has 0 aliphatic carbocycles. The Kier molecular flexibility index (Phi) is 3.97. The third kappa shape index (κ3) is 2.85. The third-order valence-electron chi connectivity index (χ3n) is 2.52. The fourth-order valence-electron chi connectivity index (χ4n) is 1.60. The molecule has 1 unspecified atom stereocenters. The summed E-state index contributed by atoms with van der Waals surface area (Å²) in [7, 11) is 0. The van der Waals surface area contributed by atoms with Crippen LogP contribution in [0.2, 0.25) is 0 Å². The summed E-state index contributed by atoms with van der Waals surface area (Å²) in [6.45, 7) is 4.54. The Morgan fingerprint density at radius 3 is 2.31 bits per heavy atom. The van der Waals surface area contributed by atoms with Gasteiger partial charge in [-0.2, -0.15) is 0 Å². The van der Waals surface area contributed by atoms with E-state index in [1.54, 1.807) is 0 Å². The van der Waals surface area contributed by atoms with Crippen LogP contribution < -0.4 is 0 Å². The Labute approximate surface area is 80.4 Å². The van der Waals surface area contributed by atoms with Crippen LogP contribution in [0.1, 0.15) is 36.8 Å². The Balaban J connectivity index is 2.73. The number of hydrogen-bond acceptors (Lipinski definition) is 1. The first-order valence-corrected chi connectivity index (χ1v) is 4.95. The molecule has 1 N–H and O–H groups in total. The highest BCUT2D eigenvalue weighted by molar-refractivity contribution is 5.24. The van der Waals surface area contributed by atoms with Crippen LogP contribution in [0.5, 0.6) is 0 Å². The quantitative estimate of drug-likeness (QED) is 0.751. The van der Waals surface area contributed by atoms with Gasteiger partial charge in [-0.25, -0.2) is 0 Å². The van der Waals surface area contributed by atoms with Crippen molar-refractivity contribution in [3.63, 3.8) is 0 Å². The van der Waals surface area contributed by atoms with Crippen molar-refractivity contribution in [1.29, 1.82) is 0 Å². The monoisotopic (exact) mass is 178 g/mol. The molecule has 0 amide bonds. The van der Waals surface area contributed by atoms with E-state index in [2.05, 4.69) is 38.1 Å². The molecule has 0 saturated heterocycles. The maximum atomic E-state index is 8.88. The molecule has 0 bridgehead atoms. The average Bonchev–Trinajstić information content (AvgIpc) is 2.16. The molecular weight excluding hydrogens is 160 g/mol. The lowest BCUT2D eigenvalue weighted by atomic mass is 9.93. The number of aliphatic hydroxyl groups is 1. The predicted molar refractivity (Wildman–Crippen MR) is 55.9 cm³/mol. The molecule has 0 radical (unpaired) electrons. The van der Waals surface area contributed by atoms with E-state index in [0.717, 1.165) is 12.8 Å². The van der Waals surface area contributed by atoms with E-state index in [1.807, 2.05) is 0 Å². The van der Waals surface area contributed by atoms with Gasteiger partial charge in [0.25, 0.3) is 0 Å². The molecule has 0 aliphatic rings. The standard InChI is InChI=1S/C12H18O/c1-3-11(8-9-13)12-6-4-10(2)5-7-12/h4-7,11,13H,3,8-9H2,1-2H3. The van der Waals surface area contributed by atoms with Crippen LogP contribution >= 0.6 is 0 Å². The fraction of sp³-hybridized carbons (Fsp3) is 0.500. The van der Waals surface area contributed by atoms with Gasteiger partial charge in [0.05, 0.1) is 0 Å². The van der Waals surface area contributed by atoms with Gasteiger partial charge < -0.3 is 5.11 Å². The minimum absolute atomic E-state index is 0.284. The zero-order valence-electron chi connectivity index (χ0n) is 8.46. The number of aryl methyl sites for hydroxylation is 1. The van der Waals surface area contributed by atoms with Crippen LogP contribution in [-0.4, -0.2) is 11.7 Å². The van der Waals surface area contributed by atoms with Crippen molar-refractivity contribution in [3.05, 3.63) is 35.4 Å². The first-order chi connectivity index (χ1) is 6.27. The van der Waals surface area contributed by atoms with E-state index in [0.29, 0.717) is 5.92 Å². The molecule has 13 heavy (non-hydrogen) atoms. The molecule has 0 aromatic heterocycles. The summed E-state index contributed by atoms with van der Waals surface area (Å²) < 4.78 is 0. The first-order valence-electron chi connectivity index (χ1n) is 4.95. The van der Waals surface area contributed by atoms with Crippen molar-refractivity contribution in [2.24, 2.45) is 0 Å². The highest BCUT2D eigenvalue weighted by Gasteiger charge is 2.07. The Morgan fingerprint density at radius 1 is 1.23 bits per heavy atom. The molecule has 1 aromatic carbocycles. The molecule has 0 saturated carbocycles. The van der Waals surface area contributed by atoms with E-state index in [4.69, 9.17) is 5.11 Å². The second kappa shape index (κ2) is 5.03. The number of benzene rings is 1. The molecule has 0 spiro atoms. The lowest BCUT2D eigenvalue weighted by Crippen LogP contribution is -1.99. The van der Waals surface area contributed by atoms with Crippen LogP contribution in [0.4, 0.5) is 0 Å². The summed E-state index contributed by atoms with van der Waals surface area (Å²) in [4.78, 5) is 0. The second-order valence-corrected chi connectivity index (χ2v) is 3.53. The van der Waals surface area contributed by atoms with Gasteiger partial charge in [-0.3, -0.25) is 0 Å². The molecule has 0 aliphatic heterocycles. The Bertz CT molecular complexity index is 238. The van der Waals surface area contributed by atoms with Crippen LogP contribution in [0.3, 0.4) is 0 Å². The lowest BCUT2D eigenvalue weighted by Gasteiger charge is -2.13. The maximum Gasteiger partial charge on any atom is 0.0436 e. The van der Waals surface area contributed by atoms with Crippen LogP contribution in [0, 0.1) is 6.92 Å². The summed E-state index contributed by atoms with van der Waals surface area (Å²) in [5, 5.41) is 8.88. The average molecular weight is 178 g/mol. The summed E-state index contributed by atoms with van der Waals surface area (Å²) in [6.07, 6.45) is 1.98. The normalized spacial score (nSPS) is 12.8. The maximum absolute atomic E-state index is 8.88. The highest BCUT2D eigenvalue weighted by Crippen LogP contribution is 2.22. The van der Waals surface area contributed by atoms with Crippen LogP contribution in [0.15, 0.2) is 24.3 Å². The van der Waals surface area contributed by atoms with Crippen molar-refractivity contribution >= 4 is 0 Å². The molecule has 1 nitrogen and oxygen atoms in total. The lowest BCUT2D eigenvalue weighted by molar-refractivity contribution is 0.274. The minimum Gasteiger partial charge on any atom is -0.396 e. The van der Waals surface area contributed by atoms with E-state index in [1.165, 1.54) is 11.1 Å². The van der Waals surface area contributed by atoms with Gasteiger partial charge in [-0.1, -0.05) is 36.8 Å². The smallest absolute Gasteiger partial charge is 0.0436 e. The van der Waals surface area contributed by atoms with E-state index in [9.17, 15) is 0 Å². The number of aliphatic hydroxyl groups excluding tert-OH is 1. The fourth-order valence-corrected chi connectivity index (χ4v) is 1.60. The van der Waals surface area contributed by atoms with Gasteiger partial charge >= 0.3 is 0 Å². The molecule has 0 fully saturated rings. The topological polar surface area (TPSA) is 20.2 Å². The predicted octanol–water partition coefficient (Wildman–Crippen LogP) is 2.87. The SMILES string of the molecule is CCC(CCO)c1ccc(C)cc1. The van der Waals surface area contributed by atoms with Crippen LogP contribution in [0.25, 0.3) is 0 Å². The zero-order chi connectivity index (χ0) is 9.68. The highest BCUT2D eigenvalue weighted by atomic mass is 16.3. The van der Waals surface area contributed by atoms with Gasteiger partial charge in [0.2, 0.25) is 0 Å². The number of hydrogen-bond donors (Lipinski definition) is 1. The van der Waals surface area contributed by atoms with Gasteiger partial charge in [0.1, 0.15) is 0 Å². The number of rotatable bonds is 4. The molecule has 1 atom stereocenters. The zero-order valence-corrected chi connectivity index (χ0v) is 8.46. The molecule has 72 valence electrons. The molecule has 1 heteroatoms. The summed E-state index contributed by atoms with van der Waals surface area (Å²) in [5.41, 5.74) is 2.64. The molecule has 1 aromatic rings. The Hall–Kier alpha value is -0.820. The van der Waals surface area contributed by atoms with Crippen molar-refractivity contribution in [2.75, 3.05) is 6.61 Å². The third-order valence-corrected chi connectivity index (χ3v) is 2.52. The van der Waals surface area contributed by atoms with Crippen molar-refractivity contribution in [2.45, 2.75) is 32.6 Å². The van der Waals surface area contributed by atoms with Gasteiger partial charge in [0.15, 0.2) is 0 Å². The van der Waals surface area contributed by atoms with Gasteiger partial charge in [-0.15, -0.1) is 0 Å². The Morgan fingerprint density at radius 2 is 1.85 bits per heavy atom. The van der Waals surface area contributed by atoms with Crippen molar-refractivity contribution in [1.82, 2.24) is 0 Å². The van der Waals surface area contributed by atoms with E-state index < -0.39 is 0 Å². The van der Waals surface area contributed by atoms with E-state index >= 15 is 0 Å².